The van der Waals surface area contributed by atoms with E-state index in [0.29, 0.717) is 16.5 Å². The topological polar surface area (TPSA) is 88.9 Å². The molecule has 0 saturated heterocycles. The molecule has 168 valence electrons. The molecule has 0 bridgehead atoms. The van der Waals surface area contributed by atoms with Crippen LogP contribution in [0.1, 0.15) is 34.7 Å². The molecule has 0 unspecified atom stereocenters. The molecule has 2 amide bonds. The van der Waals surface area contributed by atoms with Crippen molar-refractivity contribution in [3.63, 3.8) is 0 Å². The number of benzene rings is 3. The van der Waals surface area contributed by atoms with Gasteiger partial charge in [0.25, 0.3) is 5.91 Å². The van der Waals surface area contributed by atoms with E-state index >= 15 is 0 Å². The normalized spacial score (nSPS) is 11.8. The minimum absolute atomic E-state index is 0.124. The fourth-order valence-electron chi connectivity index (χ4n) is 3.59. The summed E-state index contributed by atoms with van der Waals surface area (Å²) in [5.74, 6) is 0.533. The molecule has 0 aliphatic rings. The van der Waals surface area contributed by atoms with Crippen LogP contribution in [0.5, 0.6) is 0 Å². The van der Waals surface area contributed by atoms with Crippen LogP contribution in [-0.2, 0) is 11.8 Å². The Labute approximate surface area is 196 Å². The van der Waals surface area contributed by atoms with Gasteiger partial charge in [-0.25, -0.2) is 0 Å². The standard InChI is InChI=1S/C25H25N5O2S/c1-16-8-4-7-11-21(16)24(32)26-17(2)23-28-29-25(30(23)3)33-15-22(31)27-20-13-12-18-9-5-6-10-19(18)14-20/h4-14,17H,15H2,1-3H3,(H,26,32)(H,27,31)/t17-/m0/s1. The van der Waals surface area contributed by atoms with Crippen molar-refractivity contribution in [2.45, 2.75) is 25.0 Å². The van der Waals surface area contributed by atoms with Gasteiger partial charge in [0.2, 0.25) is 5.91 Å². The predicted octanol–water partition coefficient (Wildman–Crippen LogP) is 4.50. The minimum atomic E-state index is -0.338. The van der Waals surface area contributed by atoms with Crippen molar-refractivity contribution in [1.82, 2.24) is 20.1 Å². The summed E-state index contributed by atoms with van der Waals surface area (Å²) in [6.07, 6.45) is 0. The first-order chi connectivity index (χ1) is 15.9. The molecule has 0 saturated carbocycles. The zero-order valence-electron chi connectivity index (χ0n) is 18.7. The number of aryl methyl sites for hydroxylation is 1. The lowest BCUT2D eigenvalue weighted by atomic mass is 10.1. The Morgan fingerprint density at radius 1 is 1.00 bits per heavy atom. The molecule has 33 heavy (non-hydrogen) atoms. The molecule has 1 aromatic heterocycles. The van der Waals surface area contributed by atoms with E-state index < -0.39 is 0 Å². The highest BCUT2D eigenvalue weighted by molar-refractivity contribution is 7.99. The predicted molar refractivity (Wildman–Crippen MR) is 131 cm³/mol. The van der Waals surface area contributed by atoms with Gasteiger partial charge in [-0.1, -0.05) is 60.3 Å². The van der Waals surface area contributed by atoms with E-state index in [4.69, 9.17) is 0 Å². The van der Waals surface area contributed by atoms with Gasteiger partial charge in [-0.15, -0.1) is 10.2 Å². The van der Waals surface area contributed by atoms with Crippen molar-refractivity contribution >= 4 is 40.0 Å². The van der Waals surface area contributed by atoms with Crippen molar-refractivity contribution in [2.24, 2.45) is 7.05 Å². The summed E-state index contributed by atoms with van der Waals surface area (Å²) < 4.78 is 1.80. The van der Waals surface area contributed by atoms with Crippen LogP contribution in [0.2, 0.25) is 0 Å². The lowest BCUT2D eigenvalue weighted by Gasteiger charge is -2.14. The lowest BCUT2D eigenvalue weighted by Crippen LogP contribution is -2.29. The second-order valence-corrected chi connectivity index (χ2v) is 8.75. The van der Waals surface area contributed by atoms with E-state index in [2.05, 4.69) is 20.8 Å². The van der Waals surface area contributed by atoms with Crippen LogP contribution < -0.4 is 10.6 Å². The fourth-order valence-corrected chi connectivity index (χ4v) is 4.31. The summed E-state index contributed by atoms with van der Waals surface area (Å²) in [6.45, 7) is 3.76. The fraction of sp³-hybridized carbons (Fsp3) is 0.200. The van der Waals surface area contributed by atoms with Crippen molar-refractivity contribution in [1.29, 1.82) is 0 Å². The molecule has 4 rings (SSSR count). The average molecular weight is 460 g/mol. The number of nitrogens with one attached hydrogen (secondary N) is 2. The maximum Gasteiger partial charge on any atom is 0.252 e. The molecule has 1 heterocycles. The zero-order valence-corrected chi connectivity index (χ0v) is 19.5. The Hall–Kier alpha value is -3.65. The Morgan fingerprint density at radius 2 is 1.73 bits per heavy atom. The maximum absolute atomic E-state index is 12.6. The second kappa shape index (κ2) is 9.87. The Bertz CT molecular complexity index is 1320. The highest BCUT2D eigenvalue weighted by atomic mass is 32.2. The smallest absolute Gasteiger partial charge is 0.252 e. The van der Waals surface area contributed by atoms with Gasteiger partial charge in [-0.2, -0.15) is 0 Å². The third-order valence-electron chi connectivity index (χ3n) is 5.36. The zero-order chi connectivity index (χ0) is 23.4. The van der Waals surface area contributed by atoms with Gasteiger partial charge < -0.3 is 15.2 Å². The van der Waals surface area contributed by atoms with Gasteiger partial charge >= 0.3 is 0 Å². The number of aromatic nitrogens is 3. The molecular weight excluding hydrogens is 434 g/mol. The number of amides is 2. The Kier molecular flexibility index (Phi) is 6.74. The number of thioether (sulfide) groups is 1. The average Bonchev–Trinajstić information content (AvgIpc) is 3.18. The summed E-state index contributed by atoms with van der Waals surface area (Å²) in [5.41, 5.74) is 2.30. The quantitative estimate of drug-likeness (QED) is 0.397. The van der Waals surface area contributed by atoms with E-state index in [-0.39, 0.29) is 23.6 Å². The number of anilines is 1. The van der Waals surface area contributed by atoms with Crippen molar-refractivity contribution in [2.75, 3.05) is 11.1 Å². The molecule has 0 radical (unpaired) electrons. The van der Waals surface area contributed by atoms with Crippen LogP contribution in [0.4, 0.5) is 5.69 Å². The van der Waals surface area contributed by atoms with Gasteiger partial charge in [-0.05, 0) is 48.4 Å². The molecular formula is C25H25N5O2S. The number of carbonyl (C=O) groups excluding carboxylic acids is 2. The first-order valence-corrected chi connectivity index (χ1v) is 11.6. The first kappa shape index (κ1) is 22.5. The molecule has 0 aliphatic heterocycles. The third-order valence-corrected chi connectivity index (χ3v) is 6.38. The summed E-state index contributed by atoms with van der Waals surface area (Å²) >= 11 is 1.30. The van der Waals surface area contributed by atoms with Gasteiger partial charge in [0, 0.05) is 18.3 Å². The van der Waals surface area contributed by atoms with Gasteiger partial charge in [0.05, 0.1) is 11.8 Å². The van der Waals surface area contributed by atoms with Gasteiger partial charge in [0.1, 0.15) is 0 Å². The van der Waals surface area contributed by atoms with Crippen LogP contribution in [0.25, 0.3) is 10.8 Å². The number of nitrogens with zero attached hydrogens (tertiary/aromatic N) is 3. The molecule has 0 spiro atoms. The van der Waals surface area contributed by atoms with Crippen LogP contribution in [0.3, 0.4) is 0 Å². The Morgan fingerprint density at radius 3 is 2.52 bits per heavy atom. The summed E-state index contributed by atoms with van der Waals surface area (Å²) in [6, 6.07) is 20.9. The second-order valence-electron chi connectivity index (χ2n) is 7.81. The Balaban J connectivity index is 1.35. The molecule has 0 fully saturated rings. The molecule has 0 aliphatic carbocycles. The molecule has 1 atom stereocenters. The van der Waals surface area contributed by atoms with E-state index in [1.165, 1.54) is 11.8 Å². The van der Waals surface area contributed by atoms with E-state index in [9.17, 15) is 9.59 Å². The van der Waals surface area contributed by atoms with Crippen LogP contribution in [0, 0.1) is 6.92 Å². The first-order valence-electron chi connectivity index (χ1n) is 10.6. The molecule has 3 aromatic carbocycles. The molecule has 4 aromatic rings. The molecule has 8 heteroatoms. The minimum Gasteiger partial charge on any atom is -0.342 e. The molecule has 7 nitrogen and oxygen atoms in total. The highest BCUT2D eigenvalue weighted by Gasteiger charge is 2.19. The number of rotatable bonds is 7. The van der Waals surface area contributed by atoms with Crippen LogP contribution >= 0.6 is 11.8 Å². The van der Waals surface area contributed by atoms with Gasteiger partial charge in [0.15, 0.2) is 11.0 Å². The van der Waals surface area contributed by atoms with Crippen LogP contribution in [-0.4, -0.2) is 32.3 Å². The monoisotopic (exact) mass is 459 g/mol. The van der Waals surface area contributed by atoms with E-state index in [1.807, 2.05) is 81.6 Å². The number of carbonyl (C=O) groups is 2. The number of hydrogen-bond acceptors (Lipinski definition) is 5. The van der Waals surface area contributed by atoms with Crippen molar-refractivity contribution in [3.8, 4) is 0 Å². The molecule has 2 N–H and O–H groups in total. The summed E-state index contributed by atoms with van der Waals surface area (Å²) in [4.78, 5) is 25.1. The van der Waals surface area contributed by atoms with E-state index in [0.717, 1.165) is 22.0 Å². The summed E-state index contributed by atoms with van der Waals surface area (Å²) in [7, 11) is 1.83. The van der Waals surface area contributed by atoms with Crippen molar-refractivity contribution in [3.05, 3.63) is 83.7 Å². The SMILES string of the molecule is Cc1ccccc1C(=O)N[C@@H](C)c1nnc(SCC(=O)Nc2ccc3ccccc3c2)n1C. The number of hydrogen-bond donors (Lipinski definition) is 2. The van der Waals surface area contributed by atoms with Crippen LogP contribution in [0.15, 0.2) is 71.9 Å². The van der Waals surface area contributed by atoms with Gasteiger partial charge in [-0.3, -0.25) is 9.59 Å². The highest BCUT2D eigenvalue weighted by Crippen LogP contribution is 2.22. The van der Waals surface area contributed by atoms with Crippen molar-refractivity contribution < 1.29 is 9.59 Å². The largest absolute Gasteiger partial charge is 0.342 e. The lowest BCUT2D eigenvalue weighted by molar-refractivity contribution is -0.113. The van der Waals surface area contributed by atoms with E-state index in [1.54, 1.807) is 10.6 Å². The number of fused-ring (bicyclic) bond motifs is 1. The third kappa shape index (κ3) is 5.23. The maximum atomic E-state index is 12.6. The summed E-state index contributed by atoms with van der Waals surface area (Å²) in [5, 5.41) is 17.1.